The maximum absolute atomic E-state index is 11.3. The molecule has 1 unspecified atom stereocenters. The predicted molar refractivity (Wildman–Crippen MR) is 65.5 cm³/mol. The average molecular weight is 249 g/mol. The van der Waals surface area contributed by atoms with Crippen LogP contribution in [0.5, 0.6) is 0 Å². The zero-order valence-electron chi connectivity index (χ0n) is 10.6. The molecule has 0 fully saturated rings. The van der Waals surface area contributed by atoms with E-state index >= 15 is 0 Å². The Balaban J connectivity index is 4.04. The molecular weight excluding hydrogens is 228 g/mol. The van der Waals surface area contributed by atoms with E-state index in [1.807, 2.05) is 0 Å². The van der Waals surface area contributed by atoms with Gasteiger partial charge in [-0.2, -0.15) is 0 Å². The number of alkyl halides is 1. The summed E-state index contributed by atoms with van der Waals surface area (Å²) in [5, 5.41) is 4.13. The molecule has 0 rings (SSSR count). The lowest BCUT2D eigenvalue weighted by Crippen LogP contribution is -2.46. The minimum Gasteiger partial charge on any atom is -0.337 e. The number of urea groups is 1. The van der Waals surface area contributed by atoms with Crippen molar-refractivity contribution in [1.29, 1.82) is 0 Å². The summed E-state index contributed by atoms with van der Waals surface area (Å²) in [6.07, 6.45) is 0. The van der Waals surface area contributed by atoms with Crippen LogP contribution in [0, 0.1) is 11.3 Å². The molecule has 0 aromatic carbocycles. The molecular formula is C11H21ClN2O2. The second-order valence-corrected chi connectivity index (χ2v) is 5.59. The first-order valence-electron chi connectivity index (χ1n) is 5.39. The van der Waals surface area contributed by atoms with E-state index in [1.165, 1.54) is 6.92 Å². The van der Waals surface area contributed by atoms with Crippen LogP contribution in [0.4, 0.5) is 4.79 Å². The number of nitrogens with one attached hydrogen (secondary N) is 2. The van der Waals surface area contributed by atoms with Gasteiger partial charge in [0.05, 0.1) is 0 Å². The number of hydrogen-bond donors (Lipinski definition) is 2. The quantitative estimate of drug-likeness (QED) is 0.749. The number of amides is 3. The van der Waals surface area contributed by atoms with Crippen LogP contribution in [0.1, 0.15) is 34.6 Å². The molecule has 1 atom stereocenters. The van der Waals surface area contributed by atoms with Gasteiger partial charge in [0.2, 0.25) is 5.91 Å². The molecule has 0 spiro atoms. The lowest BCUT2D eigenvalue weighted by atomic mass is 9.81. The van der Waals surface area contributed by atoms with Crippen molar-refractivity contribution in [2.75, 3.05) is 6.54 Å². The van der Waals surface area contributed by atoms with Crippen LogP contribution in [-0.2, 0) is 4.79 Å². The van der Waals surface area contributed by atoms with Crippen LogP contribution >= 0.6 is 11.6 Å². The van der Waals surface area contributed by atoms with Crippen molar-refractivity contribution in [2.45, 2.75) is 40.0 Å². The van der Waals surface area contributed by atoms with Gasteiger partial charge in [-0.3, -0.25) is 10.1 Å². The van der Waals surface area contributed by atoms with Gasteiger partial charge in [-0.1, -0.05) is 27.7 Å². The van der Waals surface area contributed by atoms with Crippen LogP contribution in [0.3, 0.4) is 0 Å². The van der Waals surface area contributed by atoms with Crippen molar-refractivity contribution < 1.29 is 9.59 Å². The lowest BCUT2D eigenvalue weighted by Gasteiger charge is -2.29. The number of carbonyl (C=O) groups is 2. The van der Waals surface area contributed by atoms with Crippen molar-refractivity contribution in [3.05, 3.63) is 0 Å². The van der Waals surface area contributed by atoms with Crippen LogP contribution in [-0.4, -0.2) is 23.9 Å². The normalized spacial score (nSPS) is 13.4. The van der Waals surface area contributed by atoms with Gasteiger partial charge in [-0.15, -0.1) is 11.6 Å². The molecule has 0 bridgehead atoms. The Morgan fingerprint density at radius 3 is 2.12 bits per heavy atom. The largest absolute Gasteiger partial charge is 0.337 e. The Morgan fingerprint density at radius 1 is 1.25 bits per heavy atom. The van der Waals surface area contributed by atoms with E-state index in [4.69, 9.17) is 11.6 Å². The summed E-state index contributed by atoms with van der Waals surface area (Å²) in [7, 11) is 0. The minimum absolute atomic E-state index is 0.00698. The fraction of sp³-hybridized carbons (Fsp3) is 0.818. The standard InChI is InChI=1S/C11H21ClN2O2/c1-7(2)11(4,5)6-13-10(16)14-9(15)8(3)12/h7-8H,6H2,1-5H3,(H2,13,14,15,16). The first-order chi connectivity index (χ1) is 7.16. The van der Waals surface area contributed by atoms with Crippen LogP contribution in [0.25, 0.3) is 0 Å². The molecule has 5 heteroatoms. The molecule has 0 radical (unpaired) electrons. The Kier molecular flexibility index (Phi) is 5.79. The first kappa shape index (κ1) is 15.2. The Labute approximate surface area is 102 Å². The fourth-order valence-electron chi connectivity index (χ4n) is 0.768. The maximum atomic E-state index is 11.3. The molecule has 4 nitrogen and oxygen atoms in total. The summed E-state index contributed by atoms with van der Waals surface area (Å²) in [5.74, 6) is -0.0445. The predicted octanol–water partition coefficient (Wildman–Crippen LogP) is 2.12. The molecule has 16 heavy (non-hydrogen) atoms. The van der Waals surface area contributed by atoms with E-state index in [0.29, 0.717) is 12.5 Å². The molecule has 0 aliphatic rings. The number of rotatable bonds is 4. The first-order valence-corrected chi connectivity index (χ1v) is 5.83. The highest BCUT2D eigenvalue weighted by atomic mass is 35.5. The lowest BCUT2D eigenvalue weighted by molar-refractivity contribution is -0.119. The number of hydrogen-bond acceptors (Lipinski definition) is 2. The van der Waals surface area contributed by atoms with E-state index in [2.05, 4.69) is 38.3 Å². The van der Waals surface area contributed by atoms with Gasteiger partial charge in [-0.25, -0.2) is 4.79 Å². The van der Waals surface area contributed by atoms with Gasteiger partial charge in [-0.05, 0) is 18.3 Å². The highest BCUT2D eigenvalue weighted by Gasteiger charge is 2.23. The molecule has 2 N–H and O–H groups in total. The van der Waals surface area contributed by atoms with Gasteiger partial charge in [0.1, 0.15) is 5.38 Å². The van der Waals surface area contributed by atoms with E-state index in [-0.39, 0.29) is 5.41 Å². The molecule has 3 amide bonds. The van der Waals surface area contributed by atoms with Crippen molar-refractivity contribution in [3.8, 4) is 0 Å². The van der Waals surface area contributed by atoms with E-state index in [0.717, 1.165) is 0 Å². The molecule has 94 valence electrons. The smallest absolute Gasteiger partial charge is 0.321 e. The van der Waals surface area contributed by atoms with E-state index in [1.54, 1.807) is 0 Å². The van der Waals surface area contributed by atoms with E-state index in [9.17, 15) is 9.59 Å². The van der Waals surface area contributed by atoms with Crippen molar-refractivity contribution in [1.82, 2.24) is 10.6 Å². The highest BCUT2D eigenvalue weighted by molar-refractivity contribution is 6.31. The summed E-state index contributed by atoms with van der Waals surface area (Å²) in [6, 6.07) is -0.494. The SMILES string of the molecule is CC(Cl)C(=O)NC(=O)NCC(C)(C)C(C)C. The number of carbonyl (C=O) groups excluding carboxylic acids is 2. The van der Waals surface area contributed by atoms with Gasteiger partial charge in [0.15, 0.2) is 0 Å². The Bertz CT molecular complexity index is 263. The third kappa shape index (κ3) is 5.35. The second kappa shape index (κ2) is 6.09. The molecule has 0 aromatic heterocycles. The highest BCUT2D eigenvalue weighted by Crippen LogP contribution is 2.24. The number of halogens is 1. The zero-order valence-corrected chi connectivity index (χ0v) is 11.3. The molecule has 0 aliphatic carbocycles. The van der Waals surface area contributed by atoms with Crippen molar-refractivity contribution >= 4 is 23.5 Å². The minimum atomic E-state index is -0.705. The van der Waals surface area contributed by atoms with Crippen LogP contribution in [0.15, 0.2) is 0 Å². The Morgan fingerprint density at radius 2 is 1.75 bits per heavy atom. The summed E-state index contributed by atoms with van der Waals surface area (Å²) in [4.78, 5) is 22.4. The zero-order chi connectivity index (χ0) is 12.9. The van der Waals surface area contributed by atoms with Crippen molar-refractivity contribution in [3.63, 3.8) is 0 Å². The van der Waals surface area contributed by atoms with Crippen LogP contribution < -0.4 is 10.6 Å². The average Bonchev–Trinajstić information content (AvgIpc) is 2.14. The third-order valence-corrected chi connectivity index (χ3v) is 3.06. The molecule has 0 saturated heterocycles. The topological polar surface area (TPSA) is 58.2 Å². The summed E-state index contributed by atoms with van der Waals surface area (Å²) in [5.41, 5.74) is -0.00698. The van der Waals surface area contributed by atoms with Gasteiger partial charge in [0, 0.05) is 6.54 Å². The molecule has 0 heterocycles. The summed E-state index contributed by atoms with van der Waals surface area (Å²) in [6.45, 7) is 10.3. The molecule has 0 aliphatic heterocycles. The Hall–Kier alpha value is -0.770. The molecule has 0 aromatic rings. The van der Waals surface area contributed by atoms with Gasteiger partial charge < -0.3 is 5.32 Å². The third-order valence-electron chi connectivity index (χ3n) is 2.87. The second-order valence-electron chi connectivity index (χ2n) is 4.93. The summed E-state index contributed by atoms with van der Waals surface area (Å²) >= 11 is 5.52. The van der Waals surface area contributed by atoms with E-state index < -0.39 is 17.3 Å². The maximum Gasteiger partial charge on any atom is 0.321 e. The fourth-order valence-corrected chi connectivity index (χ4v) is 0.822. The number of imide groups is 1. The summed E-state index contributed by atoms with van der Waals surface area (Å²) < 4.78 is 0. The monoisotopic (exact) mass is 248 g/mol. The van der Waals surface area contributed by atoms with Gasteiger partial charge in [0.25, 0.3) is 0 Å². The molecule has 0 saturated carbocycles. The van der Waals surface area contributed by atoms with Gasteiger partial charge >= 0.3 is 6.03 Å². The van der Waals surface area contributed by atoms with Crippen molar-refractivity contribution in [2.24, 2.45) is 11.3 Å². The van der Waals surface area contributed by atoms with Crippen LogP contribution in [0.2, 0.25) is 0 Å².